The Bertz CT molecular complexity index is 316. The Hall–Kier alpha value is -0.720. The molecule has 0 heterocycles. The molecular formula is C7H5FINO2. The van der Waals surface area contributed by atoms with E-state index in [0.29, 0.717) is 9.99 Å². The van der Waals surface area contributed by atoms with Gasteiger partial charge in [-0.1, -0.05) is 22.6 Å². The Morgan fingerprint density at radius 1 is 1.58 bits per heavy atom. The normalized spacial score (nSPS) is 9.83. The summed E-state index contributed by atoms with van der Waals surface area (Å²) in [5, 5.41) is 10.4. The standard InChI is InChI=1S/C7H5FINO2/c8-6-1-2-7(10(11)12)5(3-6)4-9/h1-3H,4H2. The van der Waals surface area contributed by atoms with E-state index in [9.17, 15) is 14.5 Å². The molecule has 0 aliphatic heterocycles. The number of halogens is 2. The molecule has 0 saturated carbocycles. The second-order valence-electron chi connectivity index (χ2n) is 2.16. The van der Waals surface area contributed by atoms with E-state index in [-0.39, 0.29) is 5.69 Å². The Balaban J connectivity index is 3.20. The summed E-state index contributed by atoms with van der Waals surface area (Å²) in [5.41, 5.74) is 0.395. The maximum absolute atomic E-state index is 12.6. The van der Waals surface area contributed by atoms with E-state index in [2.05, 4.69) is 0 Å². The third kappa shape index (κ3) is 1.90. The highest BCUT2D eigenvalue weighted by Crippen LogP contribution is 2.21. The van der Waals surface area contributed by atoms with Gasteiger partial charge in [0.2, 0.25) is 0 Å². The molecule has 0 radical (unpaired) electrons. The SMILES string of the molecule is O=[N+]([O-])c1ccc(F)cc1CI. The average Bonchev–Trinajstić information content (AvgIpc) is 2.03. The first-order valence-electron chi connectivity index (χ1n) is 3.14. The van der Waals surface area contributed by atoms with Crippen LogP contribution in [0.2, 0.25) is 0 Å². The minimum Gasteiger partial charge on any atom is -0.258 e. The monoisotopic (exact) mass is 281 g/mol. The molecule has 5 heteroatoms. The third-order valence-corrected chi connectivity index (χ3v) is 2.20. The van der Waals surface area contributed by atoms with Gasteiger partial charge in [0.1, 0.15) is 5.82 Å². The highest BCUT2D eigenvalue weighted by atomic mass is 127. The van der Waals surface area contributed by atoms with Gasteiger partial charge in [0.05, 0.1) is 4.92 Å². The second-order valence-corrected chi connectivity index (χ2v) is 2.93. The second kappa shape index (κ2) is 3.79. The predicted octanol–water partition coefficient (Wildman–Crippen LogP) is 2.67. The van der Waals surface area contributed by atoms with Crippen LogP contribution >= 0.6 is 22.6 Å². The molecule has 0 aliphatic carbocycles. The average molecular weight is 281 g/mol. The molecule has 1 aromatic carbocycles. The number of nitrogens with zero attached hydrogens (tertiary/aromatic N) is 1. The van der Waals surface area contributed by atoms with Crippen LogP contribution in [0.5, 0.6) is 0 Å². The maximum atomic E-state index is 12.6. The van der Waals surface area contributed by atoms with Crippen molar-refractivity contribution in [1.82, 2.24) is 0 Å². The minimum atomic E-state index is -0.507. The topological polar surface area (TPSA) is 43.1 Å². The molecule has 0 spiro atoms. The van der Waals surface area contributed by atoms with Crippen molar-refractivity contribution in [1.29, 1.82) is 0 Å². The van der Waals surface area contributed by atoms with Crippen LogP contribution in [0.15, 0.2) is 18.2 Å². The van der Waals surface area contributed by atoms with Gasteiger partial charge in [0.25, 0.3) is 5.69 Å². The molecule has 0 unspecified atom stereocenters. The van der Waals surface area contributed by atoms with E-state index >= 15 is 0 Å². The van der Waals surface area contributed by atoms with Crippen LogP contribution in [0.3, 0.4) is 0 Å². The van der Waals surface area contributed by atoms with Crippen LogP contribution in [0.25, 0.3) is 0 Å². The summed E-state index contributed by atoms with van der Waals surface area (Å²) in [6, 6.07) is 3.46. The van der Waals surface area contributed by atoms with E-state index in [1.165, 1.54) is 12.1 Å². The first kappa shape index (κ1) is 9.37. The molecule has 0 saturated heterocycles. The molecule has 0 fully saturated rings. The Labute approximate surface area is 81.9 Å². The summed E-state index contributed by atoms with van der Waals surface area (Å²) in [6.07, 6.45) is 0. The number of nitro groups is 1. The fourth-order valence-corrected chi connectivity index (χ4v) is 1.45. The van der Waals surface area contributed by atoms with Gasteiger partial charge in [0.15, 0.2) is 0 Å². The molecule has 1 rings (SSSR count). The number of benzene rings is 1. The van der Waals surface area contributed by atoms with E-state index < -0.39 is 10.7 Å². The number of nitro benzene ring substituents is 1. The highest BCUT2D eigenvalue weighted by molar-refractivity contribution is 14.1. The van der Waals surface area contributed by atoms with Gasteiger partial charge in [0, 0.05) is 16.1 Å². The largest absolute Gasteiger partial charge is 0.273 e. The van der Waals surface area contributed by atoms with Gasteiger partial charge in [-0.3, -0.25) is 10.1 Å². The summed E-state index contributed by atoms with van der Waals surface area (Å²) in [4.78, 5) is 9.87. The molecule has 0 N–H and O–H groups in total. The van der Waals surface area contributed by atoms with Gasteiger partial charge < -0.3 is 0 Å². The van der Waals surface area contributed by atoms with Crippen molar-refractivity contribution in [2.45, 2.75) is 4.43 Å². The van der Waals surface area contributed by atoms with Crippen LogP contribution in [0.1, 0.15) is 5.56 Å². The quantitative estimate of drug-likeness (QED) is 0.362. The summed E-state index contributed by atoms with van der Waals surface area (Å²) in [5.74, 6) is -0.438. The van der Waals surface area contributed by atoms with Crippen molar-refractivity contribution in [2.24, 2.45) is 0 Å². The summed E-state index contributed by atoms with van der Waals surface area (Å²) < 4.78 is 13.0. The van der Waals surface area contributed by atoms with Crippen LogP contribution in [-0.4, -0.2) is 4.92 Å². The first-order chi connectivity index (χ1) is 5.65. The smallest absolute Gasteiger partial charge is 0.258 e. The van der Waals surface area contributed by atoms with Gasteiger partial charge >= 0.3 is 0 Å². The van der Waals surface area contributed by atoms with Crippen molar-refractivity contribution in [2.75, 3.05) is 0 Å². The number of hydrogen-bond donors (Lipinski definition) is 0. The van der Waals surface area contributed by atoms with Gasteiger partial charge in [-0.05, 0) is 12.1 Å². The molecule has 12 heavy (non-hydrogen) atoms. The number of rotatable bonds is 2. The predicted molar refractivity (Wildman–Crippen MR) is 50.8 cm³/mol. The van der Waals surface area contributed by atoms with Gasteiger partial charge in [-0.25, -0.2) is 4.39 Å². The zero-order valence-corrected chi connectivity index (χ0v) is 8.12. The fourth-order valence-electron chi connectivity index (χ4n) is 0.839. The van der Waals surface area contributed by atoms with Gasteiger partial charge in [-0.2, -0.15) is 0 Å². The molecule has 0 bridgehead atoms. The van der Waals surface area contributed by atoms with Crippen molar-refractivity contribution in [3.05, 3.63) is 39.7 Å². The van der Waals surface area contributed by atoms with Crippen molar-refractivity contribution in [3.8, 4) is 0 Å². The van der Waals surface area contributed by atoms with Crippen LogP contribution in [0.4, 0.5) is 10.1 Å². The molecule has 64 valence electrons. The molecule has 0 atom stereocenters. The zero-order valence-electron chi connectivity index (χ0n) is 5.96. The zero-order chi connectivity index (χ0) is 9.14. The Kier molecular flexibility index (Phi) is 2.96. The molecule has 0 aromatic heterocycles. The first-order valence-corrected chi connectivity index (χ1v) is 4.66. The van der Waals surface area contributed by atoms with E-state index in [1.54, 1.807) is 0 Å². The van der Waals surface area contributed by atoms with Crippen molar-refractivity contribution in [3.63, 3.8) is 0 Å². The molecular weight excluding hydrogens is 276 g/mol. The Morgan fingerprint density at radius 3 is 2.75 bits per heavy atom. The third-order valence-electron chi connectivity index (χ3n) is 1.38. The van der Waals surface area contributed by atoms with E-state index in [1.807, 2.05) is 22.6 Å². The van der Waals surface area contributed by atoms with Crippen molar-refractivity contribution >= 4 is 28.3 Å². The maximum Gasteiger partial charge on any atom is 0.273 e. The van der Waals surface area contributed by atoms with Crippen LogP contribution in [0, 0.1) is 15.9 Å². The molecule has 0 aliphatic rings. The highest BCUT2D eigenvalue weighted by Gasteiger charge is 2.12. The minimum absolute atomic E-state index is 0.0224. The lowest BCUT2D eigenvalue weighted by molar-refractivity contribution is -0.385. The number of hydrogen-bond acceptors (Lipinski definition) is 2. The molecule has 1 aromatic rings. The lowest BCUT2D eigenvalue weighted by atomic mass is 10.2. The van der Waals surface area contributed by atoms with Crippen LogP contribution < -0.4 is 0 Å². The van der Waals surface area contributed by atoms with E-state index in [4.69, 9.17) is 0 Å². The number of alkyl halides is 1. The summed E-state index contributed by atoms with van der Waals surface area (Å²) in [6.45, 7) is 0. The molecule has 0 amide bonds. The lowest BCUT2D eigenvalue weighted by Gasteiger charge is -1.97. The van der Waals surface area contributed by atoms with Crippen molar-refractivity contribution < 1.29 is 9.31 Å². The lowest BCUT2D eigenvalue weighted by Crippen LogP contribution is -1.93. The molecule has 3 nitrogen and oxygen atoms in total. The fraction of sp³-hybridized carbons (Fsp3) is 0.143. The summed E-state index contributed by atoms with van der Waals surface area (Å²) >= 11 is 1.96. The van der Waals surface area contributed by atoms with E-state index in [0.717, 1.165) is 6.07 Å². The van der Waals surface area contributed by atoms with Gasteiger partial charge in [-0.15, -0.1) is 0 Å². The van der Waals surface area contributed by atoms with Crippen LogP contribution in [-0.2, 0) is 4.43 Å². The summed E-state index contributed by atoms with van der Waals surface area (Å²) in [7, 11) is 0. The Morgan fingerprint density at radius 2 is 2.25 bits per heavy atom.